The number of nitrogens with one attached hydrogen (secondary N) is 1. The molecule has 0 saturated carbocycles. The predicted octanol–water partition coefficient (Wildman–Crippen LogP) is 1.65. The van der Waals surface area contributed by atoms with Crippen LogP contribution in [0.3, 0.4) is 0 Å². The summed E-state index contributed by atoms with van der Waals surface area (Å²) in [6.07, 6.45) is 0. The monoisotopic (exact) mass is 330 g/mol. The van der Waals surface area contributed by atoms with Gasteiger partial charge in [-0.25, -0.2) is 0 Å². The number of nitro groups is 1. The van der Waals surface area contributed by atoms with Crippen molar-refractivity contribution >= 4 is 33.5 Å². The van der Waals surface area contributed by atoms with Crippen LogP contribution < -0.4 is 5.32 Å². The molecule has 1 rings (SSSR count). The molecular weight excluding hydrogens is 320 g/mol. The molecule has 0 heterocycles. The lowest BCUT2D eigenvalue weighted by atomic mass is 10.2. The molecule has 0 aliphatic rings. The van der Waals surface area contributed by atoms with Crippen LogP contribution >= 0.6 is 15.9 Å². The van der Waals surface area contributed by atoms with Crippen molar-refractivity contribution in [1.82, 2.24) is 5.32 Å². The van der Waals surface area contributed by atoms with Gasteiger partial charge in [0.15, 0.2) is 0 Å². The first-order valence-electron chi connectivity index (χ1n) is 5.34. The summed E-state index contributed by atoms with van der Waals surface area (Å²) in [5, 5.41) is 13.0. The van der Waals surface area contributed by atoms with Gasteiger partial charge in [0, 0.05) is 6.07 Å². The number of halogens is 1. The van der Waals surface area contributed by atoms with Crippen molar-refractivity contribution in [3.05, 3.63) is 38.3 Å². The zero-order chi connectivity index (χ0) is 14.4. The second-order valence-electron chi connectivity index (χ2n) is 3.38. The number of nitrogens with zero attached hydrogens (tertiary/aromatic N) is 1. The van der Waals surface area contributed by atoms with Gasteiger partial charge in [0.1, 0.15) is 11.0 Å². The summed E-state index contributed by atoms with van der Waals surface area (Å²) in [5.41, 5.74) is -0.137. The average molecular weight is 331 g/mol. The third-order valence-corrected chi connectivity index (χ3v) is 2.95. The summed E-state index contributed by atoms with van der Waals surface area (Å²) in [6, 6.07) is 4.08. The molecule has 0 aliphatic carbocycles. The maximum atomic E-state index is 11.8. The summed E-state index contributed by atoms with van der Waals surface area (Å²) in [6.45, 7) is 1.58. The lowest BCUT2D eigenvalue weighted by molar-refractivity contribution is -0.385. The lowest BCUT2D eigenvalue weighted by Gasteiger charge is -2.06. The van der Waals surface area contributed by atoms with Crippen LogP contribution in [0.2, 0.25) is 0 Å². The Hall–Kier alpha value is -1.96. The molecule has 0 fully saturated rings. The smallest absolute Gasteiger partial charge is 0.325 e. The Bertz CT molecular complexity index is 518. The standard InChI is InChI=1S/C11H11BrN2O5/c1-2-19-9(15)6-13-11(16)7-4-3-5-8(10(7)12)14(17)18/h3-5H,2,6H2,1H3,(H,13,16). The van der Waals surface area contributed by atoms with Gasteiger partial charge in [-0.1, -0.05) is 6.07 Å². The van der Waals surface area contributed by atoms with Crippen LogP contribution in [-0.2, 0) is 9.53 Å². The molecule has 19 heavy (non-hydrogen) atoms. The Kier molecular flexibility index (Phi) is 5.43. The normalized spacial score (nSPS) is 9.79. The highest BCUT2D eigenvalue weighted by Gasteiger charge is 2.19. The van der Waals surface area contributed by atoms with E-state index in [2.05, 4.69) is 26.0 Å². The summed E-state index contributed by atoms with van der Waals surface area (Å²) in [5.74, 6) is -1.17. The second-order valence-corrected chi connectivity index (χ2v) is 4.18. The molecule has 0 saturated heterocycles. The number of amides is 1. The van der Waals surface area contributed by atoms with Gasteiger partial charge in [0.2, 0.25) is 0 Å². The first kappa shape index (κ1) is 15.1. The zero-order valence-corrected chi connectivity index (χ0v) is 11.6. The molecule has 7 nitrogen and oxygen atoms in total. The Labute approximate surface area is 117 Å². The number of esters is 1. The van der Waals surface area contributed by atoms with Crippen molar-refractivity contribution in [3.8, 4) is 0 Å². The first-order valence-corrected chi connectivity index (χ1v) is 6.13. The average Bonchev–Trinajstić information content (AvgIpc) is 2.36. The molecule has 0 unspecified atom stereocenters. The van der Waals surface area contributed by atoms with E-state index in [4.69, 9.17) is 0 Å². The Morgan fingerprint density at radius 1 is 1.47 bits per heavy atom. The van der Waals surface area contributed by atoms with Crippen LogP contribution in [0, 0.1) is 10.1 Å². The van der Waals surface area contributed by atoms with Crippen molar-refractivity contribution in [2.45, 2.75) is 6.92 Å². The number of ether oxygens (including phenoxy) is 1. The minimum absolute atomic E-state index is 0.0707. The predicted molar refractivity (Wildman–Crippen MR) is 69.8 cm³/mol. The van der Waals surface area contributed by atoms with E-state index >= 15 is 0 Å². The number of carbonyl (C=O) groups is 2. The summed E-state index contributed by atoms with van der Waals surface area (Å²) >= 11 is 3.00. The van der Waals surface area contributed by atoms with E-state index in [1.807, 2.05) is 0 Å². The maximum Gasteiger partial charge on any atom is 0.325 e. The van der Waals surface area contributed by atoms with E-state index < -0.39 is 16.8 Å². The molecule has 1 aromatic rings. The van der Waals surface area contributed by atoms with Gasteiger partial charge in [0.05, 0.1) is 17.1 Å². The highest BCUT2D eigenvalue weighted by atomic mass is 79.9. The molecule has 8 heteroatoms. The molecule has 1 N–H and O–H groups in total. The van der Waals surface area contributed by atoms with Crippen LogP contribution in [0.5, 0.6) is 0 Å². The number of hydrogen-bond donors (Lipinski definition) is 1. The fourth-order valence-electron chi connectivity index (χ4n) is 1.30. The van der Waals surface area contributed by atoms with Crippen molar-refractivity contribution in [3.63, 3.8) is 0 Å². The molecule has 0 atom stereocenters. The molecule has 0 aromatic heterocycles. The minimum Gasteiger partial charge on any atom is -0.465 e. The quantitative estimate of drug-likeness (QED) is 0.502. The van der Waals surface area contributed by atoms with Gasteiger partial charge in [-0.2, -0.15) is 0 Å². The Balaban J connectivity index is 2.80. The van der Waals surface area contributed by atoms with Crippen LogP contribution in [0.25, 0.3) is 0 Å². The molecule has 0 radical (unpaired) electrons. The highest BCUT2D eigenvalue weighted by molar-refractivity contribution is 9.10. The molecule has 0 spiro atoms. The zero-order valence-electron chi connectivity index (χ0n) is 10.0. The lowest BCUT2D eigenvalue weighted by Crippen LogP contribution is -2.30. The van der Waals surface area contributed by atoms with Crippen LogP contribution in [0.4, 0.5) is 5.69 Å². The van der Waals surface area contributed by atoms with Crippen molar-refractivity contribution in [2.75, 3.05) is 13.2 Å². The van der Waals surface area contributed by atoms with Crippen LogP contribution in [0.1, 0.15) is 17.3 Å². The molecule has 1 aromatic carbocycles. The summed E-state index contributed by atoms with van der Waals surface area (Å²) in [4.78, 5) is 33.0. The fourth-order valence-corrected chi connectivity index (χ4v) is 1.89. The number of nitro benzene ring substituents is 1. The number of carbonyl (C=O) groups excluding carboxylic acids is 2. The number of rotatable bonds is 5. The molecule has 0 aliphatic heterocycles. The van der Waals surface area contributed by atoms with Crippen molar-refractivity contribution in [1.29, 1.82) is 0 Å². The van der Waals surface area contributed by atoms with E-state index in [1.165, 1.54) is 18.2 Å². The van der Waals surface area contributed by atoms with Gasteiger partial charge in [-0.15, -0.1) is 0 Å². The third-order valence-electron chi connectivity index (χ3n) is 2.12. The minimum atomic E-state index is -0.605. The third kappa shape index (κ3) is 4.02. The largest absolute Gasteiger partial charge is 0.465 e. The maximum absolute atomic E-state index is 11.8. The fraction of sp³-hybridized carbons (Fsp3) is 0.273. The van der Waals surface area contributed by atoms with Crippen LogP contribution in [0.15, 0.2) is 22.7 Å². The molecule has 102 valence electrons. The van der Waals surface area contributed by atoms with E-state index in [1.54, 1.807) is 6.92 Å². The Morgan fingerprint density at radius 2 is 2.16 bits per heavy atom. The molecular formula is C11H11BrN2O5. The van der Waals surface area contributed by atoms with E-state index in [0.717, 1.165) is 0 Å². The number of hydrogen-bond acceptors (Lipinski definition) is 5. The van der Waals surface area contributed by atoms with Gasteiger partial charge in [0.25, 0.3) is 11.6 Å². The van der Waals surface area contributed by atoms with E-state index in [9.17, 15) is 19.7 Å². The topological polar surface area (TPSA) is 98.5 Å². The molecule has 0 bridgehead atoms. The summed E-state index contributed by atoms with van der Waals surface area (Å²) < 4.78 is 4.72. The van der Waals surface area contributed by atoms with E-state index in [-0.39, 0.29) is 28.9 Å². The van der Waals surface area contributed by atoms with Crippen molar-refractivity contribution < 1.29 is 19.2 Å². The summed E-state index contributed by atoms with van der Waals surface area (Å²) in [7, 11) is 0. The van der Waals surface area contributed by atoms with E-state index in [0.29, 0.717) is 0 Å². The Morgan fingerprint density at radius 3 is 2.74 bits per heavy atom. The van der Waals surface area contributed by atoms with Gasteiger partial charge in [-0.3, -0.25) is 19.7 Å². The second kappa shape index (κ2) is 6.83. The number of benzene rings is 1. The SMILES string of the molecule is CCOC(=O)CNC(=O)c1cccc([N+](=O)[O-])c1Br. The van der Waals surface area contributed by atoms with Gasteiger partial charge < -0.3 is 10.1 Å². The molecule has 1 amide bonds. The van der Waals surface area contributed by atoms with Crippen molar-refractivity contribution in [2.24, 2.45) is 0 Å². The van der Waals surface area contributed by atoms with Gasteiger partial charge in [-0.05, 0) is 28.9 Å². The van der Waals surface area contributed by atoms with Crippen LogP contribution in [-0.4, -0.2) is 30.0 Å². The van der Waals surface area contributed by atoms with Gasteiger partial charge >= 0.3 is 5.97 Å². The first-order chi connectivity index (χ1) is 8.97. The highest BCUT2D eigenvalue weighted by Crippen LogP contribution is 2.28.